The second kappa shape index (κ2) is 6.34. The number of aromatic nitrogens is 1. The van der Waals surface area contributed by atoms with E-state index in [9.17, 15) is 9.60 Å². The average Bonchev–Trinajstić information content (AvgIpc) is 2.99. The first-order valence-electron chi connectivity index (χ1n) is 6.98. The number of nitrogens with zero attached hydrogens (tertiary/aromatic N) is 3. The topological polar surface area (TPSA) is 69.9 Å². The van der Waals surface area contributed by atoms with Crippen molar-refractivity contribution in [3.8, 4) is 0 Å². The molecule has 1 aromatic heterocycles. The van der Waals surface area contributed by atoms with Crippen LogP contribution >= 0.6 is 11.6 Å². The van der Waals surface area contributed by atoms with E-state index < -0.39 is 5.82 Å². The van der Waals surface area contributed by atoms with Crippen molar-refractivity contribution in [3.05, 3.63) is 58.0 Å². The molecule has 0 radical (unpaired) electrons. The zero-order valence-corrected chi connectivity index (χ0v) is 13.1. The number of amidine groups is 1. The van der Waals surface area contributed by atoms with E-state index in [0.717, 1.165) is 22.5 Å². The van der Waals surface area contributed by atoms with Crippen LogP contribution in [0, 0.1) is 5.82 Å². The molecule has 3 rings (SSSR count). The summed E-state index contributed by atoms with van der Waals surface area (Å²) in [6.45, 7) is 0. The number of nitrogens with one attached hydrogen (secondary N) is 1. The molecule has 0 amide bonds. The molecule has 1 aliphatic heterocycles. The van der Waals surface area contributed by atoms with E-state index >= 15 is 0 Å². The molecule has 0 aliphatic carbocycles. The molecule has 0 saturated carbocycles. The van der Waals surface area contributed by atoms with E-state index in [1.165, 1.54) is 12.1 Å². The van der Waals surface area contributed by atoms with Crippen LogP contribution in [0.25, 0.3) is 0 Å². The molecule has 1 aromatic carbocycles. The molecular formula is C16H14ClFN4O. The second-order valence-corrected chi connectivity index (χ2v) is 5.54. The number of fused-ring (bicyclic) bond motifs is 1. The highest BCUT2D eigenvalue weighted by molar-refractivity contribution is 6.30. The van der Waals surface area contributed by atoms with E-state index in [2.05, 4.69) is 20.4 Å². The van der Waals surface area contributed by atoms with Crippen LogP contribution in [0.4, 0.5) is 10.2 Å². The lowest BCUT2D eigenvalue weighted by molar-refractivity contribution is 0.318. The van der Waals surface area contributed by atoms with Crippen LogP contribution < -0.4 is 5.32 Å². The Kier molecular flexibility index (Phi) is 4.25. The Hall–Kier alpha value is -2.47. The van der Waals surface area contributed by atoms with Gasteiger partial charge in [0.05, 0.1) is 10.7 Å². The molecule has 2 N–H and O–H groups in total. The zero-order valence-electron chi connectivity index (χ0n) is 12.3. The Balaban J connectivity index is 1.94. The van der Waals surface area contributed by atoms with Crippen molar-refractivity contribution < 1.29 is 9.60 Å². The number of anilines is 1. The van der Waals surface area contributed by atoms with E-state index in [4.69, 9.17) is 11.6 Å². The zero-order chi connectivity index (χ0) is 16.4. The van der Waals surface area contributed by atoms with Gasteiger partial charge in [-0.3, -0.25) is 4.99 Å². The minimum absolute atomic E-state index is 0.0433. The van der Waals surface area contributed by atoms with Gasteiger partial charge in [0.2, 0.25) is 0 Å². The van der Waals surface area contributed by atoms with E-state index in [-0.39, 0.29) is 5.02 Å². The summed E-state index contributed by atoms with van der Waals surface area (Å²) < 4.78 is 13.3. The Morgan fingerprint density at radius 1 is 1.43 bits per heavy atom. The summed E-state index contributed by atoms with van der Waals surface area (Å²) in [5, 5.41) is 16.0. The highest BCUT2D eigenvalue weighted by Gasteiger charge is 2.23. The van der Waals surface area contributed by atoms with Gasteiger partial charge in [0, 0.05) is 37.2 Å². The minimum atomic E-state index is -0.476. The van der Waals surface area contributed by atoms with Crippen molar-refractivity contribution in [2.75, 3.05) is 12.4 Å². The molecule has 0 bridgehead atoms. The monoisotopic (exact) mass is 332 g/mol. The smallest absolute Gasteiger partial charge is 0.141 e. The molecule has 2 heterocycles. The Labute approximate surface area is 137 Å². The number of oxime groups is 1. The van der Waals surface area contributed by atoms with Gasteiger partial charge in [-0.25, -0.2) is 9.37 Å². The van der Waals surface area contributed by atoms with Crippen molar-refractivity contribution in [2.45, 2.75) is 12.8 Å². The van der Waals surface area contributed by atoms with Crippen molar-refractivity contribution in [1.29, 1.82) is 0 Å². The number of benzene rings is 1. The number of pyridine rings is 1. The van der Waals surface area contributed by atoms with E-state index in [1.807, 2.05) is 0 Å². The van der Waals surface area contributed by atoms with Crippen LogP contribution in [-0.2, 0) is 12.8 Å². The lowest BCUT2D eigenvalue weighted by Crippen LogP contribution is -2.09. The van der Waals surface area contributed by atoms with Crippen LogP contribution in [0.3, 0.4) is 0 Å². The van der Waals surface area contributed by atoms with Gasteiger partial charge in [-0.2, -0.15) is 0 Å². The van der Waals surface area contributed by atoms with Crippen LogP contribution in [0.5, 0.6) is 0 Å². The largest absolute Gasteiger partial charge is 0.411 e. The number of hydrogen-bond acceptors (Lipinski definition) is 4. The third-order valence-electron chi connectivity index (χ3n) is 3.72. The summed E-state index contributed by atoms with van der Waals surface area (Å²) in [6, 6.07) is 6.23. The Morgan fingerprint density at radius 3 is 2.96 bits per heavy atom. The molecule has 1 aliphatic rings. The molecule has 5 nitrogen and oxygen atoms in total. The molecule has 23 heavy (non-hydrogen) atoms. The summed E-state index contributed by atoms with van der Waals surface area (Å²) in [5.41, 5.74) is 2.92. The van der Waals surface area contributed by atoms with Gasteiger partial charge in [0.25, 0.3) is 0 Å². The van der Waals surface area contributed by atoms with Crippen molar-refractivity contribution in [3.63, 3.8) is 0 Å². The van der Waals surface area contributed by atoms with Gasteiger partial charge in [0.1, 0.15) is 17.5 Å². The molecule has 118 valence electrons. The number of aliphatic imine (C=N–C) groups is 1. The molecule has 0 atom stereocenters. The van der Waals surface area contributed by atoms with E-state index in [0.29, 0.717) is 24.4 Å². The van der Waals surface area contributed by atoms with Gasteiger partial charge >= 0.3 is 0 Å². The number of rotatable bonds is 3. The Bertz CT molecular complexity index is 820. The van der Waals surface area contributed by atoms with Crippen LogP contribution in [0.1, 0.15) is 16.7 Å². The first-order chi connectivity index (χ1) is 11.1. The van der Waals surface area contributed by atoms with Crippen LogP contribution in [0.2, 0.25) is 5.02 Å². The molecule has 0 saturated heterocycles. The number of hydrogen-bond donors (Lipinski definition) is 2. The van der Waals surface area contributed by atoms with Crippen LogP contribution in [-0.4, -0.2) is 28.8 Å². The highest BCUT2D eigenvalue weighted by Crippen LogP contribution is 2.26. The fraction of sp³-hybridized carbons (Fsp3) is 0.188. The molecule has 7 heteroatoms. The van der Waals surface area contributed by atoms with Gasteiger partial charge in [-0.1, -0.05) is 22.8 Å². The maximum atomic E-state index is 13.3. The molecule has 2 aromatic rings. The Morgan fingerprint density at radius 2 is 2.26 bits per heavy atom. The summed E-state index contributed by atoms with van der Waals surface area (Å²) in [4.78, 5) is 8.41. The summed E-state index contributed by atoms with van der Waals surface area (Å²) in [5.74, 6) is 1.04. The van der Waals surface area contributed by atoms with Crippen LogP contribution in [0.15, 0.2) is 40.6 Å². The second-order valence-electron chi connectivity index (χ2n) is 5.13. The normalized spacial score (nSPS) is 15.6. The quantitative estimate of drug-likeness (QED) is 0.515. The standard InChI is InChI=1S/C16H14ClFN4O/c1-19-15-8-11-10(4-5-20-16(11)21-15)14(22-23)7-9-2-3-13(18)12(17)6-9/h2-6,23H,7-8H2,1H3,(H,19,20,21)/b22-14+. The highest BCUT2D eigenvalue weighted by atomic mass is 35.5. The maximum Gasteiger partial charge on any atom is 0.141 e. The van der Waals surface area contributed by atoms with E-state index in [1.54, 1.807) is 25.4 Å². The third kappa shape index (κ3) is 3.03. The lowest BCUT2D eigenvalue weighted by atomic mass is 9.98. The molecular weight excluding hydrogens is 319 g/mol. The predicted molar refractivity (Wildman–Crippen MR) is 88.4 cm³/mol. The maximum absolute atomic E-state index is 13.3. The lowest BCUT2D eigenvalue weighted by Gasteiger charge is -2.09. The summed E-state index contributed by atoms with van der Waals surface area (Å²) >= 11 is 5.81. The SMILES string of the molecule is CN=C1Cc2c(/C(Cc3ccc(F)c(Cl)c3)=N/O)ccnc2N1. The van der Waals surface area contributed by atoms with Crippen molar-refractivity contribution in [1.82, 2.24) is 4.98 Å². The first kappa shape index (κ1) is 15.4. The fourth-order valence-electron chi connectivity index (χ4n) is 2.56. The minimum Gasteiger partial charge on any atom is -0.411 e. The molecule has 0 spiro atoms. The number of halogens is 2. The fourth-order valence-corrected chi connectivity index (χ4v) is 2.76. The predicted octanol–water partition coefficient (Wildman–Crippen LogP) is 3.29. The molecule has 0 fully saturated rings. The van der Waals surface area contributed by atoms with Gasteiger partial charge in [0.15, 0.2) is 0 Å². The average molecular weight is 333 g/mol. The van der Waals surface area contributed by atoms with Crippen molar-refractivity contribution >= 4 is 29.0 Å². The van der Waals surface area contributed by atoms with Gasteiger partial charge in [-0.15, -0.1) is 0 Å². The third-order valence-corrected chi connectivity index (χ3v) is 4.01. The van der Waals surface area contributed by atoms with Crippen molar-refractivity contribution in [2.24, 2.45) is 10.1 Å². The first-order valence-corrected chi connectivity index (χ1v) is 7.36. The van der Waals surface area contributed by atoms with Gasteiger partial charge < -0.3 is 10.5 Å². The molecule has 0 unspecified atom stereocenters. The summed E-state index contributed by atoms with van der Waals surface area (Å²) in [7, 11) is 1.70. The van der Waals surface area contributed by atoms with Gasteiger partial charge in [-0.05, 0) is 23.8 Å². The summed E-state index contributed by atoms with van der Waals surface area (Å²) in [6.07, 6.45) is 2.56.